The molecule has 36 heavy (non-hydrogen) atoms. The Morgan fingerprint density at radius 1 is 1.11 bits per heavy atom. The fourth-order valence-corrected chi connectivity index (χ4v) is 3.89. The summed E-state index contributed by atoms with van der Waals surface area (Å²) in [5.41, 5.74) is 4.17. The van der Waals surface area contributed by atoms with Gasteiger partial charge < -0.3 is 19.4 Å². The van der Waals surface area contributed by atoms with Gasteiger partial charge in [0.2, 0.25) is 5.95 Å². The first-order valence-electron chi connectivity index (χ1n) is 11.5. The van der Waals surface area contributed by atoms with E-state index in [1.807, 2.05) is 66.2 Å². The van der Waals surface area contributed by atoms with Crippen molar-refractivity contribution in [1.82, 2.24) is 29.3 Å². The van der Waals surface area contributed by atoms with Gasteiger partial charge in [-0.2, -0.15) is 10.1 Å². The Morgan fingerprint density at radius 2 is 1.94 bits per heavy atom. The van der Waals surface area contributed by atoms with Crippen molar-refractivity contribution in [3.63, 3.8) is 0 Å². The highest BCUT2D eigenvalue weighted by Crippen LogP contribution is 2.29. The maximum Gasteiger partial charge on any atom is 0.357 e. The first kappa shape index (κ1) is 23.0. The first-order chi connectivity index (χ1) is 17.6. The molecule has 0 aliphatic rings. The number of nitrogens with one attached hydrogen (secondary N) is 1. The molecule has 0 bridgehead atoms. The molecule has 0 atom stereocenters. The summed E-state index contributed by atoms with van der Waals surface area (Å²) in [5, 5.41) is 8.19. The van der Waals surface area contributed by atoms with Gasteiger partial charge >= 0.3 is 5.97 Å². The first-order valence-corrected chi connectivity index (χ1v) is 11.5. The molecule has 2 aromatic carbocycles. The predicted octanol–water partition coefficient (Wildman–Crippen LogP) is 4.30. The van der Waals surface area contributed by atoms with E-state index in [1.165, 1.54) is 0 Å². The number of imidazole rings is 1. The molecule has 10 heteroatoms. The van der Waals surface area contributed by atoms with Crippen LogP contribution < -0.4 is 10.1 Å². The number of esters is 1. The minimum atomic E-state index is -0.532. The molecule has 0 unspecified atom stereocenters. The molecule has 0 aliphatic heterocycles. The molecule has 0 aliphatic carbocycles. The number of nitrogens with zero attached hydrogens (tertiary/aromatic N) is 6. The minimum Gasteiger partial charge on any atom is -0.494 e. The van der Waals surface area contributed by atoms with Crippen LogP contribution in [0.4, 0.5) is 11.6 Å². The van der Waals surface area contributed by atoms with Gasteiger partial charge in [0.25, 0.3) is 0 Å². The molecule has 0 fully saturated rings. The molecule has 3 heterocycles. The van der Waals surface area contributed by atoms with Crippen molar-refractivity contribution in [3.8, 4) is 11.4 Å². The van der Waals surface area contributed by atoms with Crippen LogP contribution >= 0.6 is 0 Å². The van der Waals surface area contributed by atoms with Crippen molar-refractivity contribution in [2.45, 2.75) is 20.4 Å². The summed E-state index contributed by atoms with van der Waals surface area (Å²) >= 11 is 0. The number of methoxy groups -OCH3 is 1. The number of carbonyl (C=O) groups excluding carboxylic acids is 1. The number of ether oxygens (including phenoxy) is 2. The Balaban J connectivity index is 1.53. The Kier molecular flexibility index (Phi) is 6.31. The van der Waals surface area contributed by atoms with Crippen LogP contribution in [-0.2, 0) is 11.3 Å². The number of fused-ring (bicyclic) bond motifs is 1. The molecule has 0 radical (unpaired) electrons. The van der Waals surface area contributed by atoms with E-state index in [2.05, 4.69) is 25.4 Å². The smallest absolute Gasteiger partial charge is 0.357 e. The number of hydrogen-bond donors (Lipinski definition) is 1. The van der Waals surface area contributed by atoms with Crippen LogP contribution in [0.5, 0.6) is 5.75 Å². The van der Waals surface area contributed by atoms with E-state index in [0.717, 1.165) is 16.9 Å². The lowest BCUT2D eigenvalue weighted by molar-refractivity contribution is 0.0522. The number of benzene rings is 2. The summed E-state index contributed by atoms with van der Waals surface area (Å²) in [6.07, 6.45) is 5.25. The number of carbonyl (C=O) groups is 1. The van der Waals surface area contributed by atoms with Crippen molar-refractivity contribution < 1.29 is 14.3 Å². The number of aryl methyl sites for hydroxylation is 1. The van der Waals surface area contributed by atoms with Gasteiger partial charge in [0.1, 0.15) is 5.75 Å². The Hall–Kier alpha value is -4.73. The second-order valence-electron chi connectivity index (χ2n) is 8.08. The second-order valence-corrected chi connectivity index (χ2v) is 8.08. The molecule has 0 saturated carbocycles. The molecule has 10 nitrogen and oxygen atoms in total. The van der Waals surface area contributed by atoms with Crippen LogP contribution in [-0.4, -0.2) is 49.0 Å². The van der Waals surface area contributed by atoms with Gasteiger partial charge in [-0.15, -0.1) is 0 Å². The highest BCUT2D eigenvalue weighted by atomic mass is 16.5. The topological polar surface area (TPSA) is 109 Å². The zero-order valence-electron chi connectivity index (χ0n) is 20.2. The van der Waals surface area contributed by atoms with Gasteiger partial charge in [0.05, 0.1) is 49.6 Å². The van der Waals surface area contributed by atoms with E-state index >= 15 is 0 Å². The summed E-state index contributed by atoms with van der Waals surface area (Å²) in [6.45, 7) is 4.41. The lowest BCUT2D eigenvalue weighted by Crippen LogP contribution is -2.11. The number of hydrogen-bond acceptors (Lipinski definition) is 8. The molecular formula is C26H25N7O3. The molecule has 1 N–H and O–H groups in total. The summed E-state index contributed by atoms with van der Waals surface area (Å²) < 4.78 is 14.5. The van der Waals surface area contributed by atoms with Gasteiger partial charge in [-0.1, -0.05) is 30.3 Å². The van der Waals surface area contributed by atoms with E-state index in [4.69, 9.17) is 9.47 Å². The molecular weight excluding hydrogens is 458 g/mol. The Labute approximate surface area is 207 Å². The van der Waals surface area contributed by atoms with E-state index < -0.39 is 5.97 Å². The van der Waals surface area contributed by atoms with Crippen LogP contribution in [0.2, 0.25) is 0 Å². The standard InChI is InChI=1S/C26H25N7O3/c1-4-36-25(34)23-20-13-28-33(15-18-8-6-5-7-9-18)24(20)31-26(30-23)29-19-10-11-21(22(12-19)35-3)32-14-17(2)27-16-32/h5-14,16H,4,15H2,1-3H3,(H,29,30,31). The number of rotatable bonds is 8. The lowest BCUT2D eigenvalue weighted by Gasteiger charge is -2.13. The molecule has 3 aromatic heterocycles. The largest absolute Gasteiger partial charge is 0.494 e. The van der Waals surface area contributed by atoms with Crippen molar-refractivity contribution in [2.75, 3.05) is 19.0 Å². The fraction of sp³-hybridized carbons (Fsp3) is 0.192. The van der Waals surface area contributed by atoms with Gasteiger partial charge in [-0.25, -0.2) is 19.4 Å². The Morgan fingerprint density at radius 3 is 2.67 bits per heavy atom. The fourth-order valence-electron chi connectivity index (χ4n) is 3.89. The van der Waals surface area contributed by atoms with Crippen LogP contribution in [0.25, 0.3) is 16.7 Å². The number of aromatic nitrogens is 6. The van der Waals surface area contributed by atoms with Gasteiger partial charge in [-0.3, -0.25) is 0 Å². The van der Waals surface area contributed by atoms with E-state index in [9.17, 15) is 4.79 Å². The third-order valence-corrected chi connectivity index (χ3v) is 5.57. The van der Waals surface area contributed by atoms with Gasteiger partial charge in [0, 0.05) is 18.0 Å². The molecule has 182 valence electrons. The van der Waals surface area contributed by atoms with E-state index in [1.54, 1.807) is 31.2 Å². The van der Waals surface area contributed by atoms with Crippen LogP contribution in [0.15, 0.2) is 67.3 Å². The quantitative estimate of drug-likeness (QED) is 0.326. The Bertz CT molecular complexity index is 1530. The second kappa shape index (κ2) is 9.87. The van der Waals surface area contributed by atoms with Crippen molar-refractivity contribution in [2.24, 2.45) is 0 Å². The van der Waals surface area contributed by atoms with Crippen LogP contribution in [0, 0.1) is 6.92 Å². The van der Waals surface area contributed by atoms with E-state index in [0.29, 0.717) is 29.0 Å². The van der Waals surface area contributed by atoms with Crippen molar-refractivity contribution >= 4 is 28.6 Å². The number of anilines is 2. The summed E-state index contributed by atoms with van der Waals surface area (Å²) in [4.78, 5) is 26.2. The monoisotopic (exact) mass is 483 g/mol. The molecule has 0 spiro atoms. The van der Waals surface area contributed by atoms with Crippen molar-refractivity contribution in [1.29, 1.82) is 0 Å². The van der Waals surface area contributed by atoms with Crippen LogP contribution in [0.1, 0.15) is 28.7 Å². The zero-order chi connectivity index (χ0) is 25.1. The summed E-state index contributed by atoms with van der Waals surface area (Å²) in [5.74, 6) is 0.350. The highest BCUT2D eigenvalue weighted by molar-refractivity contribution is 6.01. The van der Waals surface area contributed by atoms with Gasteiger partial charge in [0.15, 0.2) is 11.3 Å². The zero-order valence-corrected chi connectivity index (χ0v) is 20.2. The van der Waals surface area contributed by atoms with Gasteiger partial charge in [-0.05, 0) is 31.5 Å². The van der Waals surface area contributed by atoms with Crippen molar-refractivity contribution in [3.05, 3.63) is 84.2 Å². The summed E-state index contributed by atoms with van der Waals surface area (Å²) in [6, 6.07) is 15.5. The molecule has 5 aromatic rings. The SMILES string of the molecule is CCOC(=O)c1nc(Nc2ccc(-n3cnc(C)c3)c(OC)c2)nc2c1cnn2Cc1ccccc1. The normalized spacial score (nSPS) is 11.0. The third-order valence-electron chi connectivity index (χ3n) is 5.57. The molecule has 0 amide bonds. The highest BCUT2D eigenvalue weighted by Gasteiger charge is 2.20. The maximum absolute atomic E-state index is 12.7. The van der Waals surface area contributed by atoms with Crippen LogP contribution in [0.3, 0.4) is 0 Å². The average molecular weight is 484 g/mol. The molecule has 5 rings (SSSR count). The molecule has 0 saturated heterocycles. The predicted molar refractivity (Wildman–Crippen MR) is 135 cm³/mol. The minimum absolute atomic E-state index is 0.154. The maximum atomic E-state index is 12.7. The lowest BCUT2D eigenvalue weighted by atomic mass is 10.2. The average Bonchev–Trinajstić information content (AvgIpc) is 3.50. The van der Waals surface area contributed by atoms with E-state index in [-0.39, 0.29) is 18.2 Å². The third kappa shape index (κ3) is 4.61. The summed E-state index contributed by atoms with van der Waals surface area (Å²) in [7, 11) is 1.61.